The van der Waals surface area contributed by atoms with E-state index in [2.05, 4.69) is 27.5 Å². The number of anilines is 1. The van der Waals surface area contributed by atoms with E-state index in [-0.39, 0.29) is 5.91 Å². The summed E-state index contributed by atoms with van der Waals surface area (Å²) in [5.41, 5.74) is 1.92. The predicted molar refractivity (Wildman–Crippen MR) is 94.3 cm³/mol. The SMILES string of the molecule is Cc1ccc(NC(=O)c2nnc(CN(C)C[C@@H]3CCOC3)s2)cc1. The highest BCUT2D eigenvalue weighted by molar-refractivity contribution is 7.13. The molecule has 1 fully saturated rings. The molecule has 1 atom stereocenters. The van der Waals surface area contributed by atoms with E-state index in [1.807, 2.05) is 31.2 Å². The molecule has 1 aromatic carbocycles. The summed E-state index contributed by atoms with van der Waals surface area (Å²) >= 11 is 1.34. The van der Waals surface area contributed by atoms with Crippen molar-refractivity contribution < 1.29 is 9.53 Å². The van der Waals surface area contributed by atoms with Crippen LogP contribution in [-0.2, 0) is 11.3 Å². The Labute approximate surface area is 145 Å². The normalized spacial score (nSPS) is 17.4. The largest absolute Gasteiger partial charge is 0.381 e. The van der Waals surface area contributed by atoms with Gasteiger partial charge < -0.3 is 10.1 Å². The Morgan fingerprint density at radius 2 is 2.17 bits per heavy atom. The molecule has 1 aromatic heterocycles. The number of hydrogen-bond donors (Lipinski definition) is 1. The first-order chi connectivity index (χ1) is 11.6. The number of carbonyl (C=O) groups excluding carboxylic acids is 1. The molecule has 128 valence electrons. The maximum Gasteiger partial charge on any atom is 0.286 e. The number of aromatic nitrogens is 2. The molecule has 0 aliphatic carbocycles. The topological polar surface area (TPSA) is 67.4 Å². The van der Waals surface area contributed by atoms with E-state index in [9.17, 15) is 4.79 Å². The number of carbonyl (C=O) groups is 1. The van der Waals surface area contributed by atoms with Crippen LogP contribution in [0.15, 0.2) is 24.3 Å². The Hall–Kier alpha value is -1.83. The van der Waals surface area contributed by atoms with E-state index in [1.54, 1.807) is 0 Å². The van der Waals surface area contributed by atoms with Gasteiger partial charge in [0.1, 0.15) is 5.01 Å². The standard InChI is InChI=1S/C17H22N4O2S/c1-12-3-5-14(6-4-12)18-16(22)17-20-19-15(24-17)10-21(2)9-13-7-8-23-11-13/h3-6,13H,7-11H2,1-2H3,(H,18,22)/t13-/m0/s1. The number of nitrogens with one attached hydrogen (secondary N) is 1. The Morgan fingerprint density at radius 1 is 1.38 bits per heavy atom. The fraction of sp³-hybridized carbons (Fsp3) is 0.471. The maximum atomic E-state index is 12.2. The molecule has 2 heterocycles. The average molecular weight is 346 g/mol. The van der Waals surface area contributed by atoms with Crippen molar-refractivity contribution in [1.29, 1.82) is 0 Å². The zero-order valence-electron chi connectivity index (χ0n) is 14.0. The minimum atomic E-state index is -0.213. The molecule has 0 bridgehead atoms. The Kier molecular flexibility index (Phi) is 5.55. The quantitative estimate of drug-likeness (QED) is 0.871. The van der Waals surface area contributed by atoms with Gasteiger partial charge in [0.15, 0.2) is 0 Å². The van der Waals surface area contributed by atoms with Gasteiger partial charge >= 0.3 is 0 Å². The molecular formula is C17H22N4O2S. The highest BCUT2D eigenvalue weighted by Gasteiger charge is 2.19. The van der Waals surface area contributed by atoms with Gasteiger partial charge in [0, 0.05) is 18.8 Å². The van der Waals surface area contributed by atoms with E-state index in [1.165, 1.54) is 11.3 Å². The molecule has 2 aromatic rings. The summed E-state index contributed by atoms with van der Waals surface area (Å²) in [5, 5.41) is 12.3. The second-order valence-electron chi connectivity index (χ2n) is 6.25. The number of amides is 1. The molecule has 1 amide bonds. The van der Waals surface area contributed by atoms with Crippen molar-refractivity contribution in [3.8, 4) is 0 Å². The first-order valence-corrected chi connectivity index (χ1v) is 8.88. The van der Waals surface area contributed by atoms with Gasteiger partial charge in [-0.25, -0.2) is 0 Å². The lowest BCUT2D eigenvalue weighted by molar-refractivity contribution is 0.102. The number of benzene rings is 1. The van der Waals surface area contributed by atoms with Gasteiger partial charge in [-0.3, -0.25) is 9.69 Å². The highest BCUT2D eigenvalue weighted by Crippen LogP contribution is 2.17. The van der Waals surface area contributed by atoms with Crippen molar-refractivity contribution in [2.75, 3.05) is 32.1 Å². The van der Waals surface area contributed by atoms with Gasteiger partial charge in [-0.2, -0.15) is 0 Å². The van der Waals surface area contributed by atoms with E-state index >= 15 is 0 Å². The number of ether oxygens (including phenoxy) is 1. The third kappa shape index (κ3) is 4.59. The molecular weight excluding hydrogens is 324 g/mol. The van der Waals surface area contributed by atoms with Crippen molar-refractivity contribution in [3.05, 3.63) is 39.8 Å². The summed E-state index contributed by atoms with van der Waals surface area (Å²) in [7, 11) is 2.06. The second-order valence-corrected chi connectivity index (χ2v) is 7.31. The van der Waals surface area contributed by atoms with Crippen molar-refractivity contribution in [1.82, 2.24) is 15.1 Å². The average Bonchev–Trinajstić information content (AvgIpc) is 3.21. The van der Waals surface area contributed by atoms with Gasteiger partial charge in [-0.1, -0.05) is 29.0 Å². The molecule has 7 heteroatoms. The summed E-state index contributed by atoms with van der Waals surface area (Å²) in [5.74, 6) is 0.377. The fourth-order valence-electron chi connectivity index (χ4n) is 2.69. The summed E-state index contributed by atoms with van der Waals surface area (Å²) in [6.07, 6.45) is 1.12. The number of nitrogens with zero attached hydrogens (tertiary/aromatic N) is 3. The van der Waals surface area contributed by atoms with Crippen LogP contribution in [0.1, 0.15) is 26.8 Å². The molecule has 0 radical (unpaired) electrons. The van der Waals surface area contributed by atoms with Crippen LogP contribution >= 0.6 is 11.3 Å². The molecule has 24 heavy (non-hydrogen) atoms. The van der Waals surface area contributed by atoms with Gasteiger partial charge in [0.2, 0.25) is 5.01 Å². The van der Waals surface area contributed by atoms with Gasteiger partial charge in [-0.15, -0.1) is 10.2 Å². The van der Waals surface area contributed by atoms with Crippen LogP contribution in [0.3, 0.4) is 0 Å². The lowest BCUT2D eigenvalue weighted by Gasteiger charge is -2.18. The first kappa shape index (κ1) is 17.0. The molecule has 0 unspecified atom stereocenters. The molecule has 1 aliphatic heterocycles. The van der Waals surface area contributed by atoms with Crippen LogP contribution in [0.4, 0.5) is 5.69 Å². The van der Waals surface area contributed by atoms with Crippen molar-refractivity contribution in [2.45, 2.75) is 19.9 Å². The van der Waals surface area contributed by atoms with Gasteiger partial charge in [0.25, 0.3) is 5.91 Å². The zero-order valence-corrected chi connectivity index (χ0v) is 14.8. The van der Waals surface area contributed by atoms with Crippen molar-refractivity contribution in [2.24, 2.45) is 5.92 Å². The van der Waals surface area contributed by atoms with Crippen molar-refractivity contribution >= 4 is 22.9 Å². The molecule has 0 saturated carbocycles. The minimum Gasteiger partial charge on any atom is -0.381 e. The summed E-state index contributed by atoms with van der Waals surface area (Å²) < 4.78 is 5.40. The lowest BCUT2D eigenvalue weighted by Crippen LogP contribution is -2.25. The third-order valence-corrected chi connectivity index (χ3v) is 4.88. The van der Waals surface area contributed by atoms with E-state index in [0.717, 1.165) is 42.4 Å². The summed E-state index contributed by atoms with van der Waals surface area (Å²) in [6.45, 7) is 5.39. The molecule has 6 nitrogen and oxygen atoms in total. The lowest BCUT2D eigenvalue weighted by atomic mass is 10.1. The molecule has 0 spiro atoms. The van der Waals surface area contributed by atoms with E-state index < -0.39 is 0 Å². The zero-order chi connectivity index (χ0) is 16.9. The van der Waals surface area contributed by atoms with Crippen LogP contribution in [0.2, 0.25) is 0 Å². The van der Waals surface area contributed by atoms with Crippen LogP contribution in [0, 0.1) is 12.8 Å². The monoisotopic (exact) mass is 346 g/mol. The minimum absolute atomic E-state index is 0.213. The smallest absolute Gasteiger partial charge is 0.286 e. The summed E-state index contributed by atoms with van der Waals surface area (Å²) in [6, 6.07) is 7.69. The van der Waals surface area contributed by atoms with Gasteiger partial charge in [-0.05, 0) is 38.4 Å². The Morgan fingerprint density at radius 3 is 2.88 bits per heavy atom. The fourth-order valence-corrected chi connectivity index (χ4v) is 3.51. The van der Waals surface area contributed by atoms with Crippen LogP contribution in [0.25, 0.3) is 0 Å². The van der Waals surface area contributed by atoms with Crippen molar-refractivity contribution in [3.63, 3.8) is 0 Å². The van der Waals surface area contributed by atoms with E-state index in [4.69, 9.17) is 4.74 Å². The first-order valence-electron chi connectivity index (χ1n) is 8.07. The van der Waals surface area contributed by atoms with Gasteiger partial charge in [0.05, 0.1) is 13.2 Å². The molecule has 3 rings (SSSR count). The van der Waals surface area contributed by atoms with E-state index in [0.29, 0.717) is 17.5 Å². The van der Waals surface area contributed by atoms with Crippen LogP contribution in [-0.4, -0.2) is 47.8 Å². The highest BCUT2D eigenvalue weighted by atomic mass is 32.1. The van der Waals surface area contributed by atoms with Crippen LogP contribution < -0.4 is 5.32 Å². The second kappa shape index (κ2) is 7.83. The summed E-state index contributed by atoms with van der Waals surface area (Å²) in [4.78, 5) is 14.5. The number of aryl methyl sites for hydroxylation is 1. The molecule has 1 aliphatic rings. The predicted octanol–water partition coefficient (Wildman–Crippen LogP) is 2.57. The Bertz CT molecular complexity index is 680. The number of rotatable bonds is 6. The maximum absolute atomic E-state index is 12.2. The van der Waals surface area contributed by atoms with Crippen LogP contribution in [0.5, 0.6) is 0 Å². The molecule has 1 N–H and O–H groups in total. The number of hydrogen-bond acceptors (Lipinski definition) is 6. The third-order valence-electron chi connectivity index (χ3n) is 3.97. The molecule has 1 saturated heterocycles. The Balaban J connectivity index is 1.54.